The van der Waals surface area contributed by atoms with E-state index in [1.165, 1.54) is 11.3 Å². The second kappa shape index (κ2) is 9.46. The number of nitrogens with zero attached hydrogens (tertiary/aromatic N) is 2. The maximum Gasteiger partial charge on any atom is 0.338 e. The Balaban J connectivity index is 1.90. The second-order valence-corrected chi connectivity index (χ2v) is 8.36. The number of carbonyl (C=O) groups excluding carboxylic acids is 1. The van der Waals surface area contributed by atoms with Crippen molar-refractivity contribution in [2.75, 3.05) is 20.8 Å². The molecule has 8 heteroatoms. The van der Waals surface area contributed by atoms with Crippen LogP contribution < -0.4 is 24.4 Å². The summed E-state index contributed by atoms with van der Waals surface area (Å²) < 4.78 is 17.9. The molecule has 7 nitrogen and oxygen atoms in total. The summed E-state index contributed by atoms with van der Waals surface area (Å²) in [7, 11) is 3.20. The van der Waals surface area contributed by atoms with Crippen LogP contribution in [0.25, 0.3) is 6.08 Å². The largest absolute Gasteiger partial charge is 0.497 e. The van der Waals surface area contributed by atoms with Gasteiger partial charge in [0.25, 0.3) is 5.56 Å². The number of carbonyl (C=O) groups is 1. The van der Waals surface area contributed by atoms with Crippen molar-refractivity contribution in [3.8, 4) is 11.5 Å². The third kappa shape index (κ3) is 4.34. The molecule has 3 aromatic rings. The van der Waals surface area contributed by atoms with Crippen LogP contribution in [-0.2, 0) is 9.53 Å². The third-order valence-electron chi connectivity index (χ3n) is 5.36. The minimum atomic E-state index is -0.649. The fourth-order valence-electron chi connectivity index (χ4n) is 3.74. The first kappa shape index (κ1) is 22.5. The van der Waals surface area contributed by atoms with Crippen LogP contribution in [0.3, 0.4) is 0 Å². The van der Waals surface area contributed by atoms with Gasteiger partial charge in [-0.3, -0.25) is 9.36 Å². The Kier molecular flexibility index (Phi) is 6.46. The molecule has 170 valence electrons. The van der Waals surface area contributed by atoms with E-state index in [-0.39, 0.29) is 12.2 Å². The van der Waals surface area contributed by atoms with Gasteiger partial charge in [-0.05, 0) is 55.3 Å². The van der Waals surface area contributed by atoms with Crippen molar-refractivity contribution in [1.29, 1.82) is 0 Å². The maximum absolute atomic E-state index is 13.5. The first-order valence-electron chi connectivity index (χ1n) is 10.4. The molecule has 0 radical (unpaired) electrons. The highest BCUT2D eigenvalue weighted by Crippen LogP contribution is 2.31. The smallest absolute Gasteiger partial charge is 0.338 e. The first-order chi connectivity index (χ1) is 16.0. The molecule has 0 N–H and O–H groups in total. The predicted octanol–water partition coefficient (Wildman–Crippen LogP) is 2.82. The van der Waals surface area contributed by atoms with Crippen LogP contribution in [0.4, 0.5) is 0 Å². The van der Waals surface area contributed by atoms with Crippen LogP contribution in [0.15, 0.2) is 69.6 Å². The molecular weight excluding hydrogens is 440 g/mol. The van der Waals surface area contributed by atoms with Crippen LogP contribution >= 0.6 is 11.3 Å². The lowest BCUT2D eigenvalue weighted by atomic mass is 9.96. The molecule has 1 aliphatic rings. The number of esters is 1. The first-order valence-corrected chi connectivity index (χ1v) is 11.3. The van der Waals surface area contributed by atoms with Gasteiger partial charge in [-0.2, -0.15) is 0 Å². The molecule has 1 aromatic heterocycles. The number of aromatic nitrogens is 1. The molecule has 1 atom stereocenters. The normalized spacial score (nSPS) is 15.6. The summed E-state index contributed by atoms with van der Waals surface area (Å²) >= 11 is 1.29. The highest BCUT2D eigenvalue weighted by atomic mass is 32.1. The van der Waals surface area contributed by atoms with Gasteiger partial charge in [0, 0.05) is 0 Å². The average Bonchev–Trinajstić information content (AvgIpc) is 3.13. The van der Waals surface area contributed by atoms with E-state index >= 15 is 0 Å². The molecule has 2 heterocycles. The number of thiazole rings is 1. The fourth-order valence-corrected chi connectivity index (χ4v) is 4.79. The molecule has 0 saturated heterocycles. The van der Waals surface area contributed by atoms with Gasteiger partial charge in [-0.25, -0.2) is 9.79 Å². The molecule has 1 aliphatic heterocycles. The lowest BCUT2D eigenvalue weighted by Gasteiger charge is -2.24. The number of fused-ring (bicyclic) bond motifs is 1. The number of rotatable bonds is 6. The molecule has 0 bridgehead atoms. The van der Waals surface area contributed by atoms with Gasteiger partial charge >= 0.3 is 5.97 Å². The number of ether oxygens (including phenoxy) is 3. The molecule has 4 rings (SSSR count). The summed E-state index contributed by atoms with van der Waals surface area (Å²) in [5, 5.41) is 0. The van der Waals surface area contributed by atoms with E-state index in [4.69, 9.17) is 14.2 Å². The molecule has 0 aliphatic carbocycles. The Hall–Kier alpha value is -3.65. The van der Waals surface area contributed by atoms with Crippen molar-refractivity contribution >= 4 is 23.4 Å². The van der Waals surface area contributed by atoms with Crippen LogP contribution in [0.2, 0.25) is 0 Å². The number of methoxy groups -OCH3 is 2. The van der Waals surface area contributed by atoms with Gasteiger partial charge in [0.05, 0.1) is 42.7 Å². The zero-order valence-corrected chi connectivity index (χ0v) is 19.6. The molecule has 0 unspecified atom stereocenters. The molecular formula is C25H24N2O5S. The van der Waals surface area contributed by atoms with Crippen LogP contribution in [0, 0.1) is 0 Å². The SMILES string of the molecule is CCOC(=O)C1=C(C)N=c2s/c(=C\c3ccc(OC)cc3)c(=O)n2[C@@H]1c1ccc(OC)cc1. The van der Waals surface area contributed by atoms with Crippen molar-refractivity contribution in [2.24, 2.45) is 4.99 Å². The van der Waals surface area contributed by atoms with Gasteiger partial charge in [-0.15, -0.1) is 0 Å². The molecule has 2 aromatic carbocycles. The van der Waals surface area contributed by atoms with Gasteiger partial charge in [0.2, 0.25) is 0 Å². The number of hydrogen-bond donors (Lipinski definition) is 0. The summed E-state index contributed by atoms with van der Waals surface area (Å²) in [5.41, 5.74) is 2.30. The molecule has 0 amide bonds. The Morgan fingerprint density at radius 2 is 1.67 bits per heavy atom. The lowest BCUT2D eigenvalue weighted by Crippen LogP contribution is -2.39. The number of allylic oxidation sites excluding steroid dienone is 1. The molecule has 33 heavy (non-hydrogen) atoms. The van der Waals surface area contributed by atoms with E-state index < -0.39 is 12.0 Å². The van der Waals surface area contributed by atoms with E-state index in [0.29, 0.717) is 26.4 Å². The monoisotopic (exact) mass is 464 g/mol. The van der Waals surface area contributed by atoms with Crippen LogP contribution in [0.1, 0.15) is 31.0 Å². The van der Waals surface area contributed by atoms with Gasteiger partial charge < -0.3 is 14.2 Å². The highest BCUT2D eigenvalue weighted by molar-refractivity contribution is 7.07. The van der Waals surface area contributed by atoms with E-state index in [1.807, 2.05) is 42.5 Å². The Morgan fingerprint density at radius 3 is 2.24 bits per heavy atom. The second-order valence-electron chi connectivity index (χ2n) is 7.35. The van der Waals surface area contributed by atoms with Crippen molar-refractivity contribution in [2.45, 2.75) is 19.9 Å². The fraction of sp³-hybridized carbons (Fsp3) is 0.240. The highest BCUT2D eigenvalue weighted by Gasteiger charge is 2.33. The minimum Gasteiger partial charge on any atom is -0.497 e. The maximum atomic E-state index is 13.5. The van der Waals surface area contributed by atoms with Gasteiger partial charge in [-0.1, -0.05) is 35.6 Å². The predicted molar refractivity (Wildman–Crippen MR) is 126 cm³/mol. The van der Waals surface area contributed by atoms with E-state index in [1.54, 1.807) is 44.8 Å². The van der Waals surface area contributed by atoms with Crippen molar-refractivity contribution in [1.82, 2.24) is 4.57 Å². The zero-order chi connectivity index (χ0) is 23.5. The topological polar surface area (TPSA) is 79.1 Å². The molecule has 0 fully saturated rings. The minimum absolute atomic E-state index is 0.218. The van der Waals surface area contributed by atoms with E-state index in [0.717, 1.165) is 16.9 Å². The van der Waals surface area contributed by atoms with Crippen LogP contribution in [0.5, 0.6) is 11.5 Å². The van der Waals surface area contributed by atoms with Crippen LogP contribution in [-0.4, -0.2) is 31.4 Å². The standard InChI is InChI=1S/C25H24N2O5S/c1-5-32-24(29)21-15(2)26-25-27(22(21)17-8-12-19(31-4)13-9-17)23(28)20(33-25)14-16-6-10-18(30-3)11-7-16/h6-14,22H,5H2,1-4H3/b20-14-/t22-/m1/s1. The Bertz CT molecular complexity index is 1380. The Labute approximate surface area is 194 Å². The summed E-state index contributed by atoms with van der Waals surface area (Å²) in [6.45, 7) is 3.75. The molecule has 0 spiro atoms. The zero-order valence-electron chi connectivity index (χ0n) is 18.8. The van der Waals surface area contributed by atoms with Crippen molar-refractivity contribution < 1.29 is 19.0 Å². The van der Waals surface area contributed by atoms with Gasteiger partial charge in [0.1, 0.15) is 11.5 Å². The summed E-state index contributed by atoms with van der Waals surface area (Å²) in [6, 6.07) is 14.1. The van der Waals surface area contributed by atoms with Gasteiger partial charge in [0.15, 0.2) is 4.80 Å². The molecule has 0 saturated carbocycles. The number of hydrogen-bond acceptors (Lipinski definition) is 7. The quantitative estimate of drug-likeness (QED) is 0.524. The lowest BCUT2D eigenvalue weighted by molar-refractivity contribution is -0.139. The van der Waals surface area contributed by atoms with Crippen molar-refractivity contribution in [3.05, 3.63) is 90.6 Å². The summed E-state index contributed by atoms with van der Waals surface area (Å²) in [4.78, 5) is 31.6. The Morgan fingerprint density at radius 1 is 1.06 bits per heavy atom. The van der Waals surface area contributed by atoms with Crippen molar-refractivity contribution in [3.63, 3.8) is 0 Å². The number of benzene rings is 2. The average molecular weight is 465 g/mol. The van der Waals surface area contributed by atoms with E-state index in [2.05, 4.69) is 4.99 Å². The van der Waals surface area contributed by atoms with E-state index in [9.17, 15) is 9.59 Å². The summed E-state index contributed by atoms with van der Waals surface area (Å²) in [6.07, 6.45) is 1.82. The third-order valence-corrected chi connectivity index (χ3v) is 6.35. The summed E-state index contributed by atoms with van der Waals surface area (Å²) in [5.74, 6) is 0.941.